The lowest BCUT2D eigenvalue weighted by molar-refractivity contribution is 0.116. The van der Waals surface area contributed by atoms with Crippen LogP contribution >= 0.6 is 11.6 Å². The Labute approximate surface area is 207 Å². The average molecular weight is 496 g/mol. The molecule has 3 N–H and O–H groups in total. The summed E-state index contributed by atoms with van der Waals surface area (Å²) in [5.41, 5.74) is 0. The Morgan fingerprint density at radius 1 is 0.656 bits per heavy atom. The molecule has 0 aromatic carbocycles. The summed E-state index contributed by atoms with van der Waals surface area (Å²) >= 11 is 6.88. The highest BCUT2D eigenvalue weighted by Crippen LogP contribution is 2.36. The van der Waals surface area contributed by atoms with E-state index in [1.807, 2.05) is 0 Å². The fourth-order valence-corrected chi connectivity index (χ4v) is 6.89. The van der Waals surface area contributed by atoms with Gasteiger partial charge in [0, 0.05) is 32.2 Å². The van der Waals surface area contributed by atoms with Crippen molar-refractivity contribution in [2.75, 3.05) is 21.3 Å². The van der Waals surface area contributed by atoms with E-state index in [2.05, 4.69) is 20.8 Å². The summed E-state index contributed by atoms with van der Waals surface area (Å²) in [5, 5.41) is 0. The first kappa shape index (κ1) is 34.5. The molecule has 32 heavy (non-hydrogen) atoms. The lowest BCUT2D eigenvalue weighted by Gasteiger charge is -2.34. The Morgan fingerprint density at radius 2 is 0.969 bits per heavy atom. The van der Waals surface area contributed by atoms with Crippen molar-refractivity contribution in [2.24, 2.45) is 5.92 Å². The van der Waals surface area contributed by atoms with Gasteiger partial charge in [-0.05, 0) is 19.3 Å². The minimum atomic E-state index is -2.57. The van der Waals surface area contributed by atoms with Crippen LogP contribution in [-0.2, 0) is 13.3 Å². The molecule has 0 saturated heterocycles. The van der Waals surface area contributed by atoms with Crippen molar-refractivity contribution in [2.45, 2.75) is 141 Å². The minimum absolute atomic E-state index is 0. The third kappa shape index (κ3) is 16.9. The molecule has 0 rings (SSSR count). The summed E-state index contributed by atoms with van der Waals surface area (Å²) in [5.74, 6) is 0.289. The van der Waals surface area contributed by atoms with Gasteiger partial charge in [-0.3, -0.25) is 0 Å². The van der Waals surface area contributed by atoms with Crippen LogP contribution in [0.5, 0.6) is 0 Å². The molecule has 196 valence electrons. The van der Waals surface area contributed by atoms with Crippen molar-refractivity contribution in [1.82, 2.24) is 6.15 Å². The maximum absolute atomic E-state index is 6.88. The van der Waals surface area contributed by atoms with Crippen molar-refractivity contribution >= 4 is 20.4 Å². The number of rotatable bonds is 23. The first-order valence-corrected chi connectivity index (χ1v) is 15.5. The second-order valence-corrected chi connectivity index (χ2v) is 13.6. The molecular weight excluding hydrogens is 438 g/mol. The summed E-state index contributed by atoms with van der Waals surface area (Å²) in [6.07, 6.45) is 23.4. The number of hydrogen-bond donors (Lipinski definition) is 1. The molecule has 2 atom stereocenters. The van der Waals surface area contributed by atoms with Gasteiger partial charge in [0.2, 0.25) is 0 Å². The van der Waals surface area contributed by atoms with Gasteiger partial charge in [-0.25, -0.2) is 0 Å². The number of halogens is 1. The number of alkyl halides is 1. The highest BCUT2D eigenvalue weighted by molar-refractivity contribution is 6.60. The molecule has 0 aromatic rings. The van der Waals surface area contributed by atoms with Crippen LogP contribution < -0.4 is 6.15 Å². The van der Waals surface area contributed by atoms with Crippen LogP contribution in [0.15, 0.2) is 0 Å². The van der Waals surface area contributed by atoms with Crippen LogP contribution in [0.2, 0.25) is 6.04 Å². The standard InChI is InChI=1S/C26H55ClO3Si.H3N/c1-7-8-9-10-11-12-13-14-15-16-17-18-19-20-21-22-23-26(3,27)25(2)24-31(28-4,29-5)30-6;/h25H,7-24H2,1-6H3;1H3. The minimum Gasteiger partial charge on any atom is -0.377 e. The fraction of sp³-hybridized carbons (Fsp3) is 1.00. The maximum atomic E-state index is 6.88. The Morgan fingerprint density at radius 3 is 1.28 bits per heavy atom. The van der Waals surface area contributed by atoms with Crippen LogP contribution in [0, 0.1) is 5.92 Å². The topological polar surface area (TPSA) is 62.7 Å². The first-order chi connectivity index (χ1) is 14.9. The van der Waals surface area contributed by atoms with Gasteiger partial charge in [0.1, 0.15) is 0 Å². The van der Waals surface area contributed by atoms with Gasteiger partial charge >= 0.3 is 8.80 Å². The van der Waals surface area contributed by atoms with E-state index < -0.39 is 8.80 Å². The lowest BCUT2D eigenvalue weighted by Crippen LogP contribution is -2.46. The zero-order valence-electron chi connectivity index (χ0n) is 22.6. The first-order valence-electron chi connectivity index (χ1n) is 13.2. The van der Waals surface area contributed by atoms with Crippen LogP contribution in [0.25, 0.3) is 0 Å². The molecule has 0 radical (unpaired) electrons. The second-order valence-electron chi connectivity index (χ2n) is 9.73. The number of unbranched alkanes of at least 4 members (excludes halogenated alkanes) is 15. The predicted octanol–water partition coefficient (Wildman–Crippen LogP) is 9.31. The Balaban J connectivity index is 0. The van der Waals surface area contributed by atoms with E-state index in [1.165, 1.54) is 103 Å². The fourth-order valence-electron chi connectivity index (χ4n) is 4.35. The van der Waals surface area contributed by atoms with Gasteiger partial charge in [-0.15, -0.1) is 11.6 Å². The van der Waals surface area contributed by atoms with Crippen molar-refractivity contribution in [3.8, 4) is 0 Å². The van der Waals surface area contributed by atoms with Crippen LogP contribution in [-0.4, -0.2) is 35.0 Å². The normalized spacial score (nSPS) is 14.7. The molecule has 0 bridgehead atoms. The van der Waals surface area contributed by atoms with E-state index in [1.54, 1.807) is 21.3 Å². The number of hydrogen-bond acceptors (Lipinski definition) is 4. The van der Waals surface area contributed by atoms with E-state index in [0.29, 0.717) is 0 Å². The molecule has 0 aliphatic carbocycles. The van der Waals surface area contributed by atoms with Crippen LogP contribution in [0.1, 0.15) is 130 Å². The molecule has 0 aromatic heterocycles. The van der Waals surface area contributed by atoms with Crippen LogP contribution in [0.4, 0.5) is 0 Å². The molecule has 0 fully saturated rings. The molecule has 0 aliphatic rings. The Bertz CT molecular complexity index is 387. The molecule has 0 spiro atoms. The van der Waals surface area contributed by atoms with E-state index in [-0.39, 0.29) is 16.9 Å². The molecule has 0 aliphatic heterocycles. The monoisotopic (exact) mass is 495 g/mol. The van der Waals surface area contributed by atoms with Crippen molar-refractivity contribution in [3.63, 3.8) is 0 Å². The van der Waals surface area contributed by atoms with Gasteiger partial charge in [-0.2, -0.15) is 0 Å². The third-order valence-corrected chi connectivity index (χ3v) is 10.6. The zero-order valence-corrected chi connectivity index (χ0v) is 24.4. The summed E-state index contributed by atoms with van der Waals surface area (Å²) in [7, 11) is 2.46. The molecule has 0 amide bonds. The van der Waals surface area contributed by atoms with E-state index in [0.717, 1.165) is 12.5 Å². The summed E-state index contributed by atoms with van der Waals surface area (Å²) in [6.45, 7) is 6.64. The van der Waals surface area contributed by atoms with E-state index >= 15 is 0 Å². The van der Waals surface area contributed by atoms with Gasteiger partial charge in [0.25, 0.3) is 0 Å². The average Bonchev–Trinajstić information content (AvgIpc) is 2.77. The van der Waals surface area contributed by atoms with Gasteiger partial charge < -0.3 is 19.4 Å². The zero-order chi connectivity index (χ0) is 23.4. The van der Waals surface area contributed by atoms with E-state index in [9.17, 15) is 0 Å². The Hall–Kier alpha value is 0.347. The molecule has 2 unspecified atom stereocenters. The summed E-state index contributed by atoms with van der Waals surface area (Å²) < 4.78 is 16.7. The largest absolute Gasteiger partial charge is 0.500 e. The molecular formula is C26H58ClNO3Si. The smallest absolute Gasteiger partial charge is 0.377 e. The van der Waals surface area contributed by atoms with Gasteiger partial charge in [0.15, 0.2) is 0 Å². The highest BCUT2D eigenvalue weighted by Gasteiger charge is 2.43. The molecule has 6 heteroatoms. The summed E-state index contributed by atoms with van der Waals surface area (Å²) in [4.78, 5) is -0.232. The quantitative estimate of drug-likeness (QED) is 0.0870. The van der Waals surface area contributed by atoms with Gasteiger partial charge in [-0.1, -0.05) is 117 Å². The van der Waals surface area contributed by atoms with E-state index in [4.69, 9.17) is 24.9 Å². The highest BCUT2D eigenvalue weighted by atomic mass is 35.5. The maximum Gasteiger partial charge on any atom is 0.500 e. The molecule has 0 heterocycles. The SMILES string of the molecule is CCCCCCCCCCCCCCCCCCC(C)(Cl)C(C)C[Si](OC)(OC)OC.N. The molecule has 4 nitrogen and oxygen atoms in total. The van der Waals surface area contributed by atoms with Gasteiger partial charge in [0.05, 0.1) is 0 Å². The van der Waals surface area contributed by atoms with Crippen molar-refractivity contribution < 1.29 is 13.3 Å². The van der Waals surface area contributed by atoms with Crippen LogP contribution in [0.3, 0.4) is 0 Å². The van der Waals surface area contributed by atoms with Crippen molar-refractivity contribution in [1.29, 1.82) is 0 Å². The lowest BCUT2D eigenvalue weighted by atomic mass is 9.90. The Kier molecular flexibility index (Phi) is 23.6. The second kappa shape index (κ2) is 21.9. The third-order valence-electron chi connectivity index (χ3n) is 7.04. The summed E-state index contributed by atoms with van der Waals surface area (Å²) in [6, 6.07) is 0.759. The molecule has 0 saturated carbocycles. The van der Waals surface area contributed by atoms with Crippen molar-refractivity contribution in [3.05, 3.63) is 0 Å². The predicted molar refractivity (Wildman–Crippen MR) is 144 cm³/mol.